The molecule has 0 bridgehead atoms. The molecule has 0 unspecified atom stereocenters. The van der Waals surface area contributed by atoms with E-state index >= 15 is 0 Å². The van der Waals surface area contributed by atoms with Gasteiger partial charge in [0.05, 0.1) is 4.90 Å². The Morgan fingerprint density at radius 2 is 1.73 bits per heavy atom. The second-order valence-corrected chi connectivity index (χ2v) is 8.81. The van der Waals surface area contributed by atoms with E-state index < -0.39 is 16.1 Å². The van der Waals surface area contributed by atoms with Crippen molar-refractivity contribution in [2.24, 2.45) is 5.14 Å². The molecule has 0 spiro atoms. The maximum Gasteiger partial charge on any atom is 0.251 e. The smallest absolute Gasteiger partial charge is 0.251 e. The van der Waals surface area contributed by atoms with Crippen molar-refractivity contribution in [3.63, 3.8) is 0 Å². The molecule has 1 atom stereocenters. The number of benzene rings is 2. The van der Waals surface area contributed by atoms with Crippen molar-refractivity contribution >= 4 is 15.9 Å². The summed E-state index contributed by atoms with van der Waals surface area (Å²) in [7, 11) is -3.71. The molecule has 2 aromatic carbocycles. The number of ether oxygens (including phenoxy) is 1. The second-order valence-electron chi connectivity index (χ2n) is 7.25. The summed E-state index contributed by atoms with van der Waals surface area (Å²) < 4.78 is 28.0. The third-order valence-electron chi connectivity index (χ3n) is 4.27. The lowest BCUT2D eigenvalue weighted by atomic mass is 10.1. The van der Waals surface area contributed by atoms with Crippen LogP contribution in [0.1, 0.15) is 29.8 Å². The maximum atomic E-state index is 12.3. The molecule has 2 rings (SSSR count). The summed E-state index contributed by atoms with van der Waals surface area (Å²) in [6, 6.07) is 13.2. The van der Waals surface area contributed by atoms with Gasteiger partial charge in [0.25, 0.3) is 5.91 Å². The molecule has 0 aromatic heterocycles. The van der Waals surface area contributed by atoms with Crippen LogP contribution in [0.4, 0.5) is 0 Å². The molecule has 5 N–H and O–H groups in total. The van der Waals surface area contributed by atoms with E-state index in [0.29, 0.717) is 36.9 Å². The molecule has 0 aliphatic carbocycles. The second kappa shape index (κ2) is 11.1. The van der Waals surface area contributed by atoms with Gasteiger partial charge in [-0.1, -0.05) is 26.0 Å². The number of aliphatic hydroxyl groups excluding tert-OH is 1. The first kappa shape index (κ1) is 23.8. The molecule has 1 amide bonds. The topological polar surface area (TPSA) is 131 Å². The maximum absolute atomic E-state index is 12.3. The Kier molecular flexibility index (Phi) is 8.79. The number of nitrogens with two attached hydrogens (primary N) is 1. The number of aliphatic hydroxyl groups is 1. The highest BCUT2D eigenvalue weighted by Gasteiger charge is 2.09. The van der Waals surface area contributed by atoms with Crippen molar-refractivity contribution in [3.8, 4) is 5.75 Å². The molecule has 0 aliphatic heterocycles. The van der Waals surface area contributed by atoms with E-state index in [-0.39, 0.29) is 17.4 Å². The molecule has 0 saturated heterocycles. The lowest BCUT2D eigenvalue weighted by Gasteiger charge is -2.15. The number of carbonyl (C=O) groups is 1. The Bertz CT molecular complexity index is 913. The van der Waals surface area contributed by atoms with Crippen LogP contribution in [0.3, 0.4) is 0 Å². The quantitative estimate of drug-likeness (QED) is 0.417. The van der Waals surface area contributed by atoms with Crippen LogP contribution in [0.15, 0.2) is 53.4 Å². The van der Waals surface area contributed by atoms with Crippen LogP contribution in [-0.4, -0.2) is 51.3 Å². The fourth-order valence-corrected chi connectivity index (χ4v) is 3.11. The van der Waals surface area contributed by atoms with Crippen LogP contribution in [0.2, 0.25) is 0 Å². The van der Waals surface area contributed by atoms with Crippen molar-refractivity contribution in [1.82, 2.24) is 10.6 Å². The van der Waals surface area contributed by atoms with Crippen LogP contribution in [0, 0.1) is 0 Å². The van der Waals surface area contributed by atoms with E-state index in [9.17, 15) is 18.3 Å². The molecule has 0 fully saturated rings. The van der Waals surface area contributed by atoms with Gasteiger partial charge in [-0.15, -0.1) is 0 Å². The van der Waals surface area contributed by atoms with Gasteiger partial charge in [-0.2, -0.15) is 0 Å². The predicted molar refractivity (Wildman–Crippen MR) is 115 cm³/mol. The summed E-state index contributed by atoms with van der Waals surface area (Å²) >= 11 is 0. The Morgan fingerprint density at radius 1 is 1.10 bits per heavy atom. The fraction of sp³-hybridized carbons (Fsp3) is 0.381. The molecule has 0 heterocycles. The van der Waals surface area contributed by atoms with Crippen LogP contribution in [0.5, 0.6) is 5.75 Å². The van der Waals surface area contributed by atoms with Gasteiger partial charge < -0.3 is 20.5 Å². The lowest BCUT2D eigenvalue weighted by Crippen LogP contribution is -2.35. The zero-order valence-corrected chi connectivity index (χ0v) is 18.0. The average Bonchev–Trinajstić information content (AvgIpc) is 2.70. The van der Waals surface area contributed by atoms with Crippen molar-refractivity contribution in [2.75, 3.05) is 19.7 Å². The van der Waals surface area contributed by atoms with E-state index in [1.165, 1.54) is 12.1 Å². The SMILES string of the molecule is CC(C)NC[C@@H](O)COc1ccc(C(=O)NCCc2ccc(S(N)(=O)=O)cc2)cc1. The molecule has 30 heavy (non-hydrogen) atoms. The van der Waals surface area contributed by atoms with Crippen molar-refractivity contribution in [1.29, 1.82) is 0 Å². The first-order valence-electron chi connectivity index (χ1n) is 9.69. The summed E-state index contributed by atoms with van der Waals surface area (Å²) in [5.74, 6) is 0.356. The minimum atomic E-state index is -3.71. The highest BCUT2D eigenvalue weighted by molar-refractivity contribution is 7.89. The Hall–Kier alpha value is -2.46. The number of hydrogen-bond donors (Lipinski definition) is 4. The number of hydrogen-bond acceptors (Lipinski definition) is 6. The minimum absolute atomic E-state index is 0.0568. The molecule has 0 radical (unpaired) electrons. The summed E-state index contributed by atoms with van der Waals surface area (Å²) in [5, 5.41) is 20.9. The van der Waals surface area contributed by atoms with Gasteiger partial charge in [0, 0.05) is 24.7 Å². The monoisotopic (exact) mass is 435 g/mol. The first-order chi connectivity index (χ1) is 14.1. The largest absolute Gasteiger partial charge is 0.491 e. The van der Waals surface area contributed by atoms with Crippen LogP contribution in [0.25, 0.3) is 0 Å². The van der Waals surface area contributed by atoms with Gasteiger partial charge >= 0.3 is 0 Å². The standard InChI is InChI=1S/C21H29N3O5S/c1-15(2)24-13-18(25)14-29-19-7-5-17(6-8-19)21(26)23-12-11-16-3-9-20(10-4-16)30(22,27)28/h3-10,15,18,24-25H,11-14H2,1-2H3,(H,23,26)(H2,22,27,28)/t18-/m1/s1. The van der Waals surface area contributed by atoms with Crippen molar-refractivity contribution in [3.05, 3.63) is 59.7 Å². The van der Waals surface area contributed by atoms with Gasteiger partial charge in [-0.05, 0) is 48.4 Å². The third-order valence-corrected chi connectivity index (χ3v) is 5.20. The van der Waals surface area contributed by atoms with Crippen LogP contribution >= 0.6 is 0 Å². The summed E-state index contributed by atoms with van der Waals surface area (Å²) in [6.07, 6.45) is -0.0606. The zero-order valence-electron chi connectivity index (χ0n) is 17.2. The number of rotatable bonds is 11. The van der Waals surface area contributed by atoms with E-state index in [4.69, 9.17) is 9.88 Å². The van der Waals surface area contributed by atoms with Gasteiger partial charge in [-0.3, -0.25) is 4.79 Å². The molecule has 0 saturated carbocycles. The number of sulfonamides is 1. The molecular formula is C21H29N3O5S. The molecule has 164 valence electrons. The molecule has 0 aliphatic rings. The van der Waals surface area contributed by atoms with E-state index in [0.717, 1.165) is 5.56 Å². The highest BCUT2D eigenvalue weighted by Crippen LogP contribution is 2.13. The van der Waals surface area contributed by atoms with Gasteiger partial charge in [-0.25, -0.2) is 13.6 Å². The molecule has 9 heteroatoms. The number of amides is 1. The normalized spacial score (nSPS) is 12.6. The summed E-state index contributed by atoms with van der Waals surface area (Å²) in [5.41, 5.74) is 1.38. The summed E-state index contributed by atoms with van der Waals surface area (Å²) in [4.78, 5) is 12.3. The van der Waals surface area contributed by atoms with E-state index in [1.807, 2.05) is 13.8 Å². The Balaban J connectivity index is 1.76. The number of carbonyl (C=O) groups excluding carboxylic acids is 1. The van der Waals surface area contributed by atoms with Gasteiger partial charge in [0.15, 0.2) is 0 Å². The summed E-state index contributed by atoms with van der Waals surface area (Å²) in [6.45, 7) is 5.02. The molecule has 2 aromatic rings. The van der Waals surface area contributed by atoms with Crippen molar-refractivity contribution in [2.45, 2.75) is 37.3 Å². The minimum Gasteiger partial charge on any atom is -0.491 e. The number of nitrogens with one attached hydrogen (secondary N) is 2. The third kappa shape index (κ3) is 8.11. The lowest BCUT2D eigenvalue weighted by molar-refractivity contribution is 0.0953. The Morgan fingerprint density at radius 3 is 2.30 bits per heavy atom. The predicted octanol–water partition coefficient (Wildman–Crippen LogP) is 1.04. The highest BCUT2D eigenvalue weighted by atomic mass is 32.2. The van der Waals surface area contributed by atoms with Gasteiger partial charge in [0.2, 0.25) is 10.0 Å². The fourth-order valence-electron chi connectivity index (χ4n) is 2.59. The van der Waals surface area contributed by atoms with E-state index in [1.54, 1.807) is 36.4 Å². The molecular weight excluding hydrogens is 406 g/mol. The average molecular weight is 436 g/mol. The van der Waals surface area contributed by atoms with Crippen molar-refractivity contribution < 1.29 is 23.1 Å². The first-order valence-corrected chi connectivity index (χ1v) is 11.2. The Labute approximate surface area is 177 Å². The van der Waals surface area contributed by atoms with Crippen LogP contribution in [-0.2, 0) is 16.4 Å². The number of primary sulfonamides is 1. The van der Waals surface area contributed by atoms with E-state index in [2.05, 4.69) is 10.6 Å². The zero-order chi connectivity index (χ0) is 22.1. The van der Waals surface area contributed by atoms with Crippen LogP contribution < -0.4 is 20.5 Å². The molecule has 8 nitrogen and oxygen atoms in total. The van der Waals surface area contributed by atoms with Gasteiger partial charge in [0.1, 0.15) is 18.5 Å².